The van der Waals surface area contributed by atoms with E-state index in [0.717, 1.165) is 55.7 Å². The van der Waals surface area contributed by atoms with Gasteiger partial charge in [-0.1, -0.05) is 18.5 Å². The summed E-state index contributed by atoms with van der Waals surface area (Å²) in [5, 5.41) is 4.12. The van der Waals surface area contributed by atoms with Crippen LogP contribution in [0.4, 0.5) is 5.82 Å². The Bertz CT molecular complexity index is 436. The Hall–Kier alpha value is -0.840. The smallest absolute Gasteiger partial charge is 0.128 e. The summed E-state index contributed by atoms with van der Waals surface area (Å²) >= 11 is 6.23. The zero-order valence-electron chi connectivity index (χ0n) is 13.1. The molecule has 0 radical (unpaired) electrons. The monoisotopic (exact) mass is 311 g/mol. The third-order valence-electron chi connectivity index (χ3n) is 3.84. The van der Waals surface area contributed by atoms with Crippen LogP contribution in [0.3, 0.4) is 0 Å². The maximum Gasteiger partial charge on any atom is 0.128 e. The first kappa shape index (κ1) is 16.5. The zero-order valence-corrected chi connectivity index (χ0v) is 13.8. The van der Waals surface area contributed by atoms with Crippen LogP contribution in [0.1, 0.15) is 31.7 Å². The predicted molar refractivity (Wildman–Crippen MR) is 88.1 cm³/mol. The van der Waals surface area contributed by atoms with E-state index in [0.29, 0.717) is 5.92 Å². The molecule has 118 valence electrons. The molecule has 0 aromatic carbocycles. The third-order valence-corrected chi connectivity index (χ3v) is 4.18. The Morgan fingerprint density at radius 2 is 2.38 bits per heavy atom. The number of halogens is 1. The number of aromatic nitrogens is 1. The van der Waals surface area contributed by atoms with Crippen LogP contribution < -0.4 is 10.2 Å². The Labute approximate surface area is 132 Å². The highest BCUT2D eigenvalue weighted by molar-refractivity contribution is 6.31. The molecule has 1 saturated heterocycles. The molecule has 1 aliphatic rings. The Balaban J connectivity index is 1.95. The van der Waals surface area contributed by atoms with E-state index in [4.69, 9.17) is 16.3 Å². The molecule has 1 aromatic rings. The number of nitrogens with one attached hydrogen (secondary N) is 1. The van der Waals surface area contributed by atoms with Crippen LogP contribution in [0.5, 0.6) is 0 Å². The highest BCUT2D eigenvalue weighted by atomic mass is 35.5. The summed E-state index contributed by atoms with van der Waals surface area (Å²) in [6.07, 6.45) is 5.28. The van der Waals surface area contributed by atoms with Gasteiger partial charge in [-0.15, -0.1) is 0 Å². The van der Waals surface area contributed by atoms with E-state index in [1.54, 1.807) is 6.20 Å². The molecule has 4 nitrogen and oxygen atoms in total. The minimum absolute atomic E-state index is 0.600. The van der Waals surface area contributed by atoms with Gasteiger partial charge in [0.25, 0.3) is 0 Å². The van der Waals surface area contributed by atoms with Crippen molar-refractivity contribution in [2.45, 2.75) is 32.7 Å². The summed E-state index contributed by atoms with van der Waals surface area (Å²) in [5.74, 6) is 1.58. The van der Waals surface area contributed by atoms with Gasteiger partial charge < -0.3 is 15.0 Å². The van der Waals surface area contributed by atoms with E-state index in [1.807, 2.05) is 0 Å². The largest absolute Gasteiger partial charge is 0.381 e. The first-order valence-corrected chi connectivity index (χ1v) is 8.22. The molecule has 1 unspecified atom stereocenters. The number of rotatable bonds is 7. The van der Waals surface area contributed by atoms with Crippen LogP contribution in [-0.2, 0) is 11.3 Å². The van der Waals surface area contributed by atoms with Gasteiger partial charge in [0.1, 0.15) is 5.82 Å². The highest BCUT2D eigenvalue weighted by Crippen LogP contribution is 2.22. The molecule has 1 N–H and O–H groups in total. The molecular formula is C16H26ClN3O. The van der Waals surface area contributed by atoms with Gasteiger partial charge in [-0.05, 0) is 43.4 Å². The second kappa shape index (κ2) is 8.57. The quantitative estimate of drug-likeness (QED) is 0.785. The molecule has 0 aliphatic carbocycles. The van der Waals surface area contributed by atoms with Crippen LogP contribution in [0.15, 0.2) is 12.3 Å². The average Bonchev–Trinajstić information content (AvgIpc) is 2.50. The maximum absolute atomic E-state index is 6.23. The standard InChI is InChI=1S/C16H26ClN3O/c1-3-6-18-9-14-8-16(19-10-15(14)17)20(2)11-13-5-4-7-21-12-13/h8,10,13,18H,3-7,9,11-12H2,1-2H3. The van der Waals surface area contributed by atoms with Crippen molar-refractivity contribution in [2.24, 2.45) is 5.92 Å². The van der Waals surface area contributed by atoms with Crippen LogP contribution in [-0.4, -0.2) is 38.3 Å². The van der Waals surface area contributed by atoms with Gasteiger partial charge in [-0.3, -0.25) is 0 Å². The first-order valence-electron chi connectivity index (χ1n) is 7.84. The van der Waals surface area contributed by atoms with Gasteiger partial charge >= 0.3 is 0 Å². The molecule has 2 heterocycles. The van der Waals surface area contributed by atoms with Crippen molar-refractivity contribution in [1.29, 1.82) is 0 Å². The number of pyridine rings is 1. The molecule has 0 bridgehead atoms. The number of nitrogens with zero attached hydrogens (tertiary/aromatic N) is 2. The van der Waals surface area contributed by atoms with Gasteiger partial charge in [-0.25, -0.2) is 4.98 Å². The first-order chi connectivity index (χ1) is 10.2. The van der Waals surface area contributed by atoms with Gasteiger partial charge in [0.15, 0.2) is 0 Å². The number of hydrogen-bond acceptors (Lipinski definition) is 4. The van der Waals surface area contributed by atoms with Crippen LogP contribution in [0.25, 0.3) is 0 Å². The second-order valence-corrected chi connectivity index (χ2v) is 6.18. The SMILES string of the molecule is CCCNCc1cc(N(C)CC2CCCOC2)ncc1Cl. The van der Waals surface area contributed by atoms with E-state index >= 15 is 0 Å². The molecule has 0 saturated carbocycles. The molecule has 1 atom stereocenters. The lowest BCUT2D eigenvalue weighted by Gasteiger charge is -2.28. The van der Waals surface area contributed by atoms with E-state index < -0.39 is 0 Å². The summed E-state index contributed by atoms with van der Waals surface area (Å²) in [5.41, 5.74) is 1.11. The normalized spacial score (nSPS) is 18.7. The Kier molecular flexibility index (Phi) is 6.74. The highest BCUT2D eigenvalue weighted by Gasteiger charge is 2.17. The van der Waals surface area contributed by atoms with E-state index in [1.165, 1.54) is 12.8 Å². The molecule has 21 heavy (non-hydrogen) atoms. The summed E-state index contributed by atoms with van der Waals surface area (Å²) in [6, 6.07) is 2.09. The second-order valence-electron chi connectivity index (χ2n) is 5.77. The van der Waals surface area contributed by atoms with E-state index in [-0.39, 0.29) is 0 Å². The fourth-order valence-electron chi connectivity index (χ4n) is 2.64. The lowest BCUT2D eigenvalue weighted by molar-refractivity contribution is 0.0576. The number of ether oxygens (including phenoxy) is 1. The molecule has 0 spiro atoms. The fourth-order valence-corrected chi connectivity index (χ4v) is 2.81. The van der Waals surface area contributed by atoms with Crippen molar-refractivity contribution in [1.82, 2.24) is 10.3 Å². The summed E-state index contributed by atoms with van der Waals surface area (Å²) in [4.78, 5) is 6.67. The van der Waals surface area contributed by atoms with Crippen molar-refractivity contribution >= 4 is 17.4 Å². The molecule has 0 amide bonds. The molecule has 1 fully saturated rings. The Morgan fingerprint density at radius 1 is 1.52 bits per heavy atom. The maximum atomic E-state index is 6.23. The number of anilines is 1. The molecular weight excluding hydrogens is 286 g/mol. The fraction of sp³-hybridized carbons (Fsp3) is 0.688. The van der Waals surface area contributed by atoms with E-state index in [2.05, 4.69) is 35.2 Å². The molecule has 1 aliphatic heterocycles. The van der Waals surface area contributed by atoms with E-state index in [9.17, 15) is 0 Å². The predicted octanol–water partition coefficient (Wildman–Crippen LogP) is 3.10. The van der Waals surface area contributed by atoms with Crippen molar-refractivity contribution in [2.75, 3.05) is 38.3 Å². The van der Waals surface area contributed by atoms with Gasteiger partial charge in [-0.2, -0.15) is 0 Å². The van der Waals surface area contributed by atoms with Crippen molar-refractivity contribution in [3.8, 4) is 0 Å². The summed E-state index contributed by atoms with van der Waals surface area (Å²) in [7, 11) is 2.09. The zero-order chi connectivity index (χ0) is 15.1. The number of hydrogen-bond donors (Lipinski definition) is 1. The lowest BCUT2D eigenvalue weighted by atomic mass is 10.0. The Morgan fingerprint density at radius 3 is 3.10 bits per heavy atom. The van der Waals surface area contributed by atoms with Crippen molar-refractivity contribution in [3.63, 3.8) is 0 Å². The lowest BCUT2D eigenvalue weighted by Crippen LogP contribution is -2.31. The van der Waals surface area contributed by atoms with Crippen molar-refractivity contribution < 1.29 is 4.74 Å². The van der Waals surface area contributed by atoms with Gasteiger partial charge in [0, 0.05) is 32.9 Å². The van der Waals surface area contributed by atoms with Crippen molar-refractivity contribution in [3.05, 3.63) is 22.8 Å². The van der Waals surface area contributed by atoms with Crippen LogP contribution in [0, 0.1) is 5.92 Å². The minimum Gasteiger partial charge on any atom is -0.381 e. The van der Waals surface area contributed by atoms with Crippen LogP contribution >= 0.6 is 11.6 Å². The van der Waals surface area contributed by atoms with Gasteiger partial charge in [0.2, 0.25) is 0 Å². The molecule has 2 rings (SSSR count). The summed E-state index contributed by atoms with van der Waals surface area (Å²) in [6.45, 7) is 6.71. The summed E-state index contributed by atoms with van der Waals surface area (Å²) < 4.78 is 5.55. The average molecular weight is 312 g/mol. The van der Waals surface area contributed by atoms with Crippen LogP contribution in [0.2, 0.25) is 5.02 Å². The third kappa shape index (κ3) is 5.13. The topological polar surface area (TPSA) is 37.4 Å². The molecule has 5 heteroatoms. The molecule has 1 aromatic heterocycles. The van der Waals surface area contributed by atoms with Gasteiger partial charge in [0.05, 0.1) is 11.6 Å². The minimum atomic E-state index is 0.600.